The Morgan fingerprint density at radius 2 is 2.25 bits per heavy atom. The first-order valence-electron chi connectivity index (χ1n) is 4.57. The number of rotatable bonds is 2. The molecule has 1 N–H and O–H groups in total. The van der Waals surface area contributed by atoms with Gasteiger partial charge in [0.25, 0.3) is 0 Å². The van der Waals surface area contributed by atoms with E-state index in [4.69, 9.17) is 9.52 Å². The molecule has 4 nitrogen and oxygen atoms in total. The maximum atomic E-state index is 13.2. The van der Waals surface area contributed by atoms with Gasteiger partial charge < -0.3 is 14.3 Å². The van der Waals surface area contributed by atoms with Crippen LogP contribution in [0.4, 0.5) is 4.39 Å². The van der Waals surface area contributed by atoms with Crippen LogP contribution in [0.15, 0.2) is 22.6 Å². The summed E-state index contributed by atoms with van der Waals surface area (Å²) in [7, 11) is 1.20. The second-order valence-corrected chi connectivity index (χ2v) is 3.23. The zero-order valence-electron chi connectivity index (χ0n) is 8.49. The van der Waals surface area contributed by atoms with Gasteiger partial charge in [0, 0.05) is 5.39 Å². The van der Waals surface area contributed by atoms with Gasteiger partial charge in [-0.3, -0.25) is 0 Å². The van der Waals surface area contributed by atoms with E-state index in [0.717, 1.165) is 6.07 Å². The quantitative estimate of drug-likeness (QED) is 0.791. The zero-order chi connectivity index (χ0) is 11.7. The number of furan rings is 1. The van der Waals surface area contributed by atoms with Crippen molar-refractivity contribution < 1.29 is 23.4 Å². The fourth-order valence-corrected chi connectivity index (χ4v) is 1.51. The van der Waals surface area contributed by atoms with E-state index >= 15 is 0 Å². The molecule has 16 heavy (non-hydrogen) atoms. The van der Waals surface area contributed by atoms with Gasteiger partial charge in [-0.05, 0) is 18.2 Å². The number of ether oxygens (including phenoxy) is 1. The number of hydrogen-bond donors (Lipinski definition) is 1. The fourth-order valence-electron chi connectivity index (χ4n) is 1.51. The number of carbonyl (C=O) groups excluding carboxylic acids is 1. The highest BCUT2D eigenvalue weighted by molar-refractivity contribution is 6.02. The van der Waals surface area contributed by atoms with Crippen LogP contribution in [0.2, 0.25) is 0 Å². The second kappa shape index (κ2) is 3.94. The predicted octanol–water partition coefficient (Wildman–Crippen LogP) is 1.85. The largest absolute Gasteiger partial charge is 0.465 e. The summed E-state index contributed by atoms with van der Waals surface area (Å²) in [6, 6.07) is 3.74. The highest BCUT2D eigenvalue weighted by Gasteiger charge is 2.16. The Hall–Kier alpha value is -1.88. The highest BCUT2D eigenvalue weighted by Crippen LogP contribution is 2.25. The summed E-state index contributed by atoms with van der Waals surface area (Å²) in [5.41, 5.74) is 0.231. The number of aliphatic hydroxyl groups is 1. The zero-order valence-corrected chi connectivity index (χ0v) is 8.49. The van der Waals surface area contributed by atoms with Crippen molar-refractivity contribution in [2.45, 2.75) is 6.61 Å². The van der Waals surface area contributed by atoms with Crippen molar-refractivity contribution in [2.24, 2.45) is 0 Å². The minimum Gasteiger partial charge on any atom is -0.465 e. The van der Waals surface area contributed by atoms with Crippen LogP contribution in [0.3, 0.4) is 0 Å². The molecule has 0 unspecified atom stereocenters. The highest BCUT2D eigenvalue weighted by atomic mass is 19.1. The molecule has 0 fully saturated rings. The van der Waals surface area contributed by atoms with E-state index in [1.165, 1.54) is 19.2 Å². The number of halogens is 1. The van der Waals surface area contributed by atoms with E-state index < -0.39 is 11.8 Å². The molecule has 84 valence electrons. The molecule has 2 aromatic rings. The first-order chi connectivity index (χ1) is 7.65. The average molecular weight is 224 g/mol. The number of hydrogen-bond acceptors (Lipinski definition) is 4. The fraction of sp³-hybridized carbons (Fsp3) is 0.182. The van der Waals surface area contributed by atoms with Crippen LogP contribution >= 0.6 is 0 Å². The Kier molecular flexibility index (Phi) is 2.62. The normalized spacial score (nSPS) is 10.7. The van der Waals surface area contributed by atoms with Gasteiger partial charge in [0.05, 0.1) is 7.11 Å². The SMILES string of the molecule is COC(=O)c1cc(F)cc2cc(CO)oc12. The molecule has 5 heteroatoms. The van der Waals surface area contributed by atoms with Crippen LogP contribution in [-0.2, 0) is 11.3 Å². The minimum absolute atomic E-state index is 0.0113. The Balaban J connectivity index is 2.70. The number of aliphatic hydroxyl groups excluding tert-OH is 1. The predicted molar refractivity (Wildman–Crippen MR) is 53.4 cm³/mol. The third-order valence-corrected chi connectivity index (χ3v) is 2.19. The van der Waals surface area contributed by atoms with Gasteiger partial charge in [-0.1, -0.05) is 0 Å². The number of carbonyl (C=O) groups is 1. The van der Waals surface area contributed by atoms with Crippen molar-refractivity contribution in [1.82, 2.24) is 0 Å². The van der Waals surface area contributed by atoms with Gasteiger partial charge >= 0.3 is 5.97 Å². The van der Waals surface area contributed by atoms with E-state index in [2.05, 4.69) is 4.74 Å². The van der Waals surface area contributed by atoms with Crippen molar-refractivity contribution in [3.63, 3.8) is 0 Å². The van der Waals surface area contributed by atoms with Crippen LogP contribution in [0.1, 0.15) is 16.1 Å². The van der Waals surface area contributed by atoms with Crippen molar-refractivity contribution in [1.29, 1.82) is 0 Å². The molecule has 0 saturated carbocycles. The Morgan fingerprint density at radius 1 is 1.50 bits per heavy atom. The molecule has 1 aromatic heterocycles. The van der Waals surface area contributed by atoms with Gasteiger partial charge in [-0.25, -0.2) is 9.18 Å². The molecule has 0 radical (unpaired) electrons. The van der Waals surface area contributed by atoms with Crippen LogP contribution < -0.4 is 0 Å². The number of fused-ring (bicyclic) bond motifs is 1. The molecule has 0 aliphatic heterocycles. The summed E-state index contributed by atoms with van der Waals surface area (Å²) in [5.74, 6) is -0.965. The standard InChI is InChI=1S/C11H9FO4/c1-15-11(14)9-4-7(12)2-6-3-8(5-13)16-10(6)9/h2-4,13H,5H2,1H3. The molecule has 0 aliphatic carbocycles. The summed E-state index contributed by atoms with van der Waals surface area (Å²) in [6.45, 7) is -0.309. The molecule has 2 rings (SSSR count). The molecule has 0 atom stereocenters. The van der Waals surface area contributed by atoms with E-state index in [1.807, 2.05) is 0 Å². The average Bonchev–Trinajstić information content (AvgIpc) is 2.69. The summed E-state index contributed by atoms with van der Waals surface area (Å²) in [6.07, 6.45) is 0. The summed E-state index contributed by atoms with van der Waals surface area (Å²) >= 11 is 0. The first kappa shape index (κ1) is 10.6. The lowest BCUT2D eigenvalue weighted by Crippen LogP contribution is -2.02. The molecule has 0 amide bonds. The number of esters is 1. The van der Waals surface area contributed by atoms with Gasteiger partial charge in [-0.15, -0.1) is 0 Å². The number of methoxy groups -OCH3 is 1. The van der Waals surface area contributed by atoms with Crippen LogP contribution in [-0.4, -0.2) is 18.2 Å². The van der Waals surface area contributed by atoms with Gasteiger partial charge in [0.1, 0.15) is 29.3 Å². The van der Waals surface area contributed by atoms with Crippen LogP contribution in [0.25, 0.3) is 11.0 Å². The molecule has 0 spiro atoms. The molecule has 1 heterocycles. The van der Waals surface area contributed by atoms with Gasteiger partial charge in [-0.2, -0.15) is 0 Å². The monoisotopic (exact) mass is 224 g/mol. The van der Waals surface area contributed by atoms with E-state index in [0.29, 0.717) is 5.39 Å². The summed E-state index contributed by atoms with van der Waals surface area (Å²) in [5, 5.41) is 9.31. The summed E-state index contributed by atoms with van der Waals surface area (Å²) < 4.78 is 22.9. The molecule has 0 aliphatic rings. The van der Waals surface area contributed by atoms with E-state index in [9.17, 15) is 9.18 Å². The Bertz CT molecular complexity index is 544. The first-order valence-corrected chi connectivity index (χ1v) is 4.57. The van der Waals surface area contributed by atoms with Gasteiger partial charge in [0.2, 0.25) is 0 Å². The van der Waals surface area contributed by atoms with E-state index in [1.54, 1.807) is 0 Å². The Morgan fingerprint density at radius 3 is 2.88 bits per heavy atom. The lowest BCUT2D eigenvalue weighted by atomic mass is 10.1. The van der Waals surface area contributed by atoms with Crippen LogP contribution in [0.5, 0.6) is 0 Å². The van der Waals surface area contributed by atoms with Crippen LogP contribution in [0, 0.1) is 5.82 Å². The minimum atomic E-state index is -0.677. The third-order valence-electron chi connectivity index (χ3n) is 2.19. The maximum Gasteiger partial charge on any atom is 0.341 e. The lowest BCUT2D eigenvalue weighted by Gasteiger charge is -2.00. The molecular weight excluding hydrogens is 215 g/mol. The molecule has 0 saturated heterocycles. The van der Waals surface area contributed by atoms with E-state index in [-0.39, 0.29) is 23.5 Å². The lowest BCUT2D eigenvalue weighted by molar-refractivity contribution is 0.0601. The van der Waals surface area contributed by atoms with Crippen molar-refractivity contribution in [3.8, 4) is 0 Å². The molecule has 0 bridgehead atoms. The maximum absolute atomic E-state index is 13.2. The summed E-state index contributed by atoms with van der Waals surface area (Å²) in [4.78, 5) is 11.4. The van der Waals surface area contributed by atoms with Crippen molar-refractivity contribution >= 4 is 16.9 Å². The smallest absolute Gasteiger partial charge is 0.341 e. The molecular formula is C11H9FO4. The van der Waals surface area contributed by atoms with Crippen molar-refractivity contribution in [2.75, 3.05) is 7.11 Å². The third kappa shape index (κ3) is 1.65. The molecule has 1 aromatic carbocycles. The topological polar surface area (TPSA) is 59.7 Å². The van der Waals surface area contributed by atoms with Gasteiger partial charge in [0.15, 0.2) is 0 Å². The van der Waals surface area contributed by atoms with Crippen molar-refractivity contribution in [3.05, 3.63) is 35.3 Å². The Labute approximate surface area is 90.2 Å². The second-order valence-electron chi connectivity index (χ2n) is 3.23. The number of benzene rings is 1.